The number of hydrogen-bond acceptors (Lipinski definition) is 4. The van der Waals surface area contributed by atoms with Crippen molar-refractivity contribution in [1.29, 1.82) is 0 Å². The summed E-state index contributed by atoms with van der Waals surface area (Å²) < 4.78 is 5.87. The van der Waals surface area contributed by atoms with E-state index in [0.717, 1.165) is 36.7 Å². The summed E-state index contributed by atoms with van der Waals surface area (Å²) in [5, 5.41) is 0. The van der Waals surface area contributed by atoms with Crippen molar-refractivity contribution in [3.8, 4) is 11.5 Å². The molecule has 2 aromatic rings. The van der Waals surface area contributed by atoms with Gasteiger partial charge in [-0.15, -0.1) is 0 Å². The highest BCUT2D eigenvalue weighted by atomic mass is 16.5. The number of benzene rings is 1. The summed E-state index contributed by atoms with van der Waals surface area (Å²) in [6.07, 6.45) is 3.46. The van der Waals surface area contributed by atoms with Crippen LogP contribution >= 0.6 is 0 Å². The van der Waals surface area contributed by atoms with Crippen LogP contribution in [0.4, 0.5) is 0 Å². The van der Waals surface area contributed by atoms with Gasteiger partial charge in [-0.05, 0) is 42.2 Å². The maximum atomic E-state index is 6.09. The summed E-state index contributed by atoms with van der Waals surface area (Å²) in [4.78, 5) is 6.49. The Morgan fingerprint density at radius 1 is 1.32 bits per heavy atom. The highest BCUT2D eigenvalue weighted by Crippen LogP contribution is 2.26. The van der Waals surface area contributed by atoms with Crippen LogP contribution in [0, 0.1) is 12.8 Å². The standard InChI is InChI=1S/C18H23N3O/c1-13-8-15(11-21-10-14(2)17(19)12-21)5-6-18(13)22-16-4-3-7-20-9-16/h3-9,14,17H,10-12,19H2,1-2H3. The molecule has 22 heavy (non-hydrogen) atoms. The Kier molecular flexibility index (Phi) is 4.41. The summed E-state index contributed by atoms with van der Waals surface area (Å²) in [5.41, 5.74) is 8.53. The molecule has 1 saturated heterocycles. The molecule has 4 nitrogen and oxygen atoms in total. The van der Waals surface area contributed by atoms with E-state index >= 15 is 0 Å². The van der Waals surface area contributed by atoms with E-state index in [1.165, 1.54) is 5.56 Å². The van der Waals surface area contributed by atoms with Crippen molar-refractivity contribution in [1.82, 2.24) is 9.88 Å². The molecule has 0 spiro atoms. The maximum Gasteiger partial charge on any atom is 0.145 e. The smallest absolute Gasteiger partial charge is 0.145 e. The number of nitrogens with two attached hydrogens (primary N) is 1. The molecule has 2 N–H and O–H groups in total. The predicted molar refractivity (Wildman–Crippen MR) is 87.9 cm³/mol. The molecule has 1 aliphatic rings. The maximum absolute atomic E-state index is 6.09. The third-order valence-corrected chi connectivity index (χ3v) is 4.25. The molecular formula is C18H23N3O. The molecule has 4 heteroatoms. The number of hydrogen-bond donors (Lipinski definition) is 1. The van der Waals surface area contributed by atoms with Crippen LogP contribution in [0.25, 0.3) is 0 Å². The van der Waals surface area contributed by atoms with Gasteiger partial charge in [0, 0.05) is 31.9 Å². The summed E-state index contributed by atoms with van der Waals surface area (Å²) >= 11 is 0. The molecule has 0 bridgehead atoms. The minimum absolute atomic E-state index is 0.300. The Balaban J connectivity index is 1.67. The van der Waals surface area contributed by atoms with E-state index in [1.807, 2.05) is 18.2 Å². The fourth-order valence-electron chi connectivity index (χ4n) is 2.94. The monoisotopic (exact) mass is 297 g/mol. The molecule has 116 valence electrons. The van der Waals surface area contributed by atoms with Crippen LogP contribution in [0.3, 0.4) is 0 Å². The summed E-state index contributed by atoms with van der Waals surface area (Å²) in [6.45, 7) is 7.31. The minimum atomic E-state index is 0.300. The lowest BCUT2D eigenvalue weighted by Crippen LogP contribution is -2.28. The summed E-state index contributed by atoms with van der Waals surface area (Å²) in [7, 11) is 0. The zero-order chi connectivity index (χ0) is 15.5. The number of rotatable bonds is 4. The van der Waals surface area contributed by atoms with Crippen LogP contribution in [-0.4, -0.2) is 29.0 Å². The summed E-state index contributed by atoms with van der Waals surface area (Å²) in [5.74, 6) is 2.22. The molecule has 1 aliphatic heterocycles. The van der Waals surface area contributed by atoms with Crippen molar-refractivity contribution in [3.05, 3.63) is 53.9 Å². The highest BCUT2D eigenvalue weighted by molar-refractivity contribution is 5.39. The van der Waals surface area contributed by atoms with Gasteiger partial charge < -0.3 is 10.5 Å². The molecule has 0 aliphatic carbocycles. The first-order valence-electron chi connectivity index (χ1n) is 7.77. The molecule has 2 unspecified atom stereocenters. The lowest BCUT2D eigenvalue weighted by Gasteiger charge is -2.16. The third kappa shape index (κ3) is 3.46. The van der Waals surface area contributed by atoms with Crippen LogP contribution < -0.4 is 10.5 Å². The van der Waals surface area contributed by atoms with E-state index in [1.54, 1.807) is 12.4 Å². The van der Waals surface area contributed by atoms with Gasteiger partial charge in [0.25, 0.3) is 0 Å². The average molecular weight is 297 g/mol. The van der Waals surface area contributed by atoms with Crippen molar-refractivity contribution < 1.29 is 4.74 Å². The normalized spacial score (nSPS) is 22.0. The van der Waals surface area contributed by atoms with Gasteiger partial charge in [-0.25, -0.2) is 0 Å². The first kappa shape index (κ1) is 15.0. The van der Waals surface area contributed by atoms with Gasteiger partial charge in [-0.1, -0.05) is 19.1 Å². The molecule has 2 heterocycles. The highest BCUT2D eigenvalue weighted by Gasteiger charge is 2.26. The predicted octanol–water partition coefficient (Wildman–Crippen LogP) is 2.96. The molecule has 3 rings (SSSR count). The molecule has 1 aromatic carbocycles. The second kappa shape index (κ2) is 6.46. The van der Waals surface area contributed by atoms with E-state index < -0.39 is 0 Å². The fourth-order valence-corrected chi connectivity index (χ4v) is 2.94. The van der Waals surface area contributed by atoms with E-state index in [9.17, 15) is 0 Å². The number of nitrogens with zero attached hydrogens (tertiary/aromatic N) is 2. The van der Waals surface area contributed by atoms with Gasteiger partial charge in [-0.3, -0.25) is 9.88 Å². The van der Waals surface area contributed by atoms with Gasteiger partial charge in [0.15, 0.2) is 0 Å². The van der Waals surface area contributed by atoms with Gasteiger partial charge in [0.05, 0.1) is 6.20 Å². The van der Waals surface area contributed by atoms with Crippen molar-refractivity contribution >= 4 is 0 Å². The van der Waals surface area contributed by atoms with Crippen LogP contribution in [-0.2, 0) is 6.54 Å². The SMILES string of the molecule is Cc1cc(CN2CC(C)C(N)C2)ccc1Oc1cccnc1. The molecule has 1 fully saturated rings. The fraction of sp³-hybridized carbons (Fsp3) is 0.389. The molecule has 0 amide bonds. The molecule has 0 radical (unpaired) electrons. The number of ether oxygens (including phenoxy) is 1. The minimum Gasteiger partial charge on any atom is -0.455 e. The quantitative estimate of drug-likeness (QED) is 0.942. The molecule has 0 saturated carbocycles. The number of pyridine rings is 1. The Labute approximate surface area is 131 Å². The van der Waals surface area contributed by atoms with Crippen molar-refractivity contribution in [2.75, 3.05) is 13.1 Å². The van der Waals surface area contributed by atoms with E-state index in [0.29, 0.717) is 12.0 Å². The van der Waals surface area contributed by atoms with E-state index in [4.69, 9.17) is 10.5 Å². The number of likely N-dealkylation sites (tertiary alicyclic amines) is 1. The lowest BCUT2D eigenvalue weighted by molar-refractivity contribution is 0.318. The summed E-state index contributed by atoms with van der Waals surface area (Å²) in [6, 6.07) is 10.4. The Hall–Kier alpha value is -1.91. The second-order valence-electron chi connectivity index (χ2n) is 6.23. The zero-order valence-corrected chi connectivity index (χ0v) is 13.2. The largest absolute Gasteiger partial charge is 0.455 e. The van der Waals surface area contributed by atoms with Crippen LogP contribution in [0.2, 0.25) is 0 Å². The van der Waals surface area contributed by atoms with Gasteiger partial charge in [0.1, 0.15) is 11.5 Å². The lowest BCUT2D eigenvalue weighted by atomic mass is 10.1. The Bertz CT molecular complexity index is 619. The van der Waals surface area contributed by atoms with Gasteiger partial charge >= 0.3 is 0 Å². The van der Waals surface area contributed by atoms with E-state index in [2.05, 4.69) is 35.9 Å². The average Bonchev–Trinajstić information content (AvgIpc) is 2.81. The Morgan fingerprint density at radius 2 is 2.18 bits per heavy atom. The van der Waals surface area contributed by atoms with Gasteiger partial charge in [0.2, 0.25) is 0 Å². The molecule has 1 aromatic heterocycles. The van der Waals surface area contributed by atoms with Crippen molar-refractivity contribution in [2.24, 2.45) is 11.7 Å². The third-order valence-electron chi connectivity index (χ3n) is 4.25. The van der Waals surface area contributed by atoms with Crippen molar-refractivity contribution in [2.45, 2.75) is 26.4 Å². The zero-order valence-electron chi connectivity index (χ0n) is 13.2. The topological polar surface area (TPSA) is 51.4 Å². The van der Waals surface area contributed by atoms with Crippen LogP contribution in [0.15, 0.2) is 42.7 Å². The Morgan fingerprint density at radius 3 is 2.82 bits per heavy atom. The van der Waals surface area contributed by atoms with Gasteiger partial charge in [-0.2, -0.15) is 0 Å². The first-order chi connectivity index (χ1) is 10.6. The number of aromatic nitrogens is 1. The van der Waals surface area contributed by atoms with Crippen LogP contribution in [0.5, 0.6) is 11.5 Å². The first-order valence-corrected chi connectivity index (χ1v) is 7.77. The molecular weight excluding hydrogens is 274 g/mol. The second-order valence-corrected chi connectivity index (χ2v) is 6.23. The van der Waals surface area contributed by atoms with Crippen molar-refractivity contribution in [3.63, 3.8) is 0 Å². The van der Waals surface area contributed by atoms with E-state index in [-0.39, 0.29) is 0 Å². The number of aryl methyl sites for hydroxylation is 1. The van der Waals surface area contributed by atoms with Crippen LogP contribution in [0.1, 0.15) is 18.1 Å². The molecule has 2 atom stereocenters.